The van der Waals surface area contributed by atoms with Gasteiger partial charge in [-0.05, 0) is 31.9 Å². The number of ether oxygens (including phenoxy) is 1. The zero-order valence-corrected chi connectivity index (χ0v) is 15.3. The van der Waals surface area contributed by atoms with Crippen molar-refractivity contribution in [3.05, 3.63) is 24.3 Å². The predicted octanol–water partition coefficient (Wildman–Crippen LogP) is 2.80. The van der Waals surface area contributed by atoms with Gasteiger partial charge in [-0.15, -0.1) is 0 Å². The first-order valence-electron chi connectivity index (χ1n) is 8.45. The first-order chi connectivity index (χ1) is 12.6. The van der Waals surface area contributed by atoms with Crippen LogP contribution in [0.15, 0.2) is 34.4 Å². The zero-order chi connectivity index (χ0) is 18.3. The summed E-state index contributed by atoms with van der Waals surface area (Å²) < 4.78 is 5.73. The van der Waals surface area contributed by atoms with E-state index in [1.807, 2.05) is 31.2 Å². The van der Waals surface area contributed by atoms with Crippen LogP contribution in [0.3, 0.4) is 0 Å². The average molecular weight is 370 g/mol. The number of anilines is 1. The highest BCUT2D eigenvalue weighted by molar-refractivity contribution is 7.22. The van der Waals surface area contributed by atoms with Gasteiger partial charge in [0.1, 0.15) is 5.92 Å². The van der Waals surface area contributed by atoms with Gasteiger partial charge in [0, 0.05) is 5.71 Å². The van der Waals surface area contributed by atoms with Crippen LogP contribution < -0.4 is 5.01 Å². The Bertz CT molecular complexity index is 912. The molecule has 0 radical (unpaired) electrons. The largest absolute Gasteiger partial charge is 0.469 e. The SMILES string of the molecule is COC(=O)CC1=NN(c2nc3ccccc3s2)C(=O)C1C(C)=NC1CC1. The van der Waals surface area contributed by atoms with Crippen LogP contribution in [0.25, 0.3) is 10.2 Å². The number of nitrogens with zero attached hydrogens (tertiary/aromatic N) is 4. The van der Waals surface area contributed by atoms with Crippen molar-refractivity contribution in [3.63, 3.8) is 0 Å². The molecule has 134 valence electrons. The van der Waals surface area contributed by atoms with Gasteiger partial charge in [0.15, 0.2) is 0 Å². The van der Waals surface area contributed by atoms with Gasteiger partial charge >= 0.3 is 5.97 Å². The molecule has 1 amide bonds. The van der Waals surface area contributed by atoms with Crippen molar-refractivity contribution in [2.45, 2.75) is 32.2 Å². The van der Waals surface area contributed by atoms with Crippen LogP contribution in [-0.2, 0) is 14.3 Å². The number of aliphatic imine (C=N–C) groups is 1. The van der Waals surface area contributed by atoms with Gasteiger partial charge in [0.25, 0.3) is 5.91 Å². The van der Waals surface area contributed by atoms with E-state index in [4.69, 9.17) is 4.74 Å². The topological polar surface area (TPSA) is 84.2 Å². The highest BCUT2D eigenvalue weighted by Gasteiger charge is 2.41. The van der Waals surface area contributed by atoms with Crippen molar-refractivity contribution in [3.8, 4) is 0 Å². The lowest BCUT2D eigenvalue weighted by Gasteiger charge is -2.12. The van der Waals surface area contributed by atoms with Gasteiger partial charge in [-0.1, -0.05) is 23.5 Å². The number of hydrazone groups is 1. The Balaban J connectivity index is 1.70. The number of amides is 1. The normalized spacial score (nSPS) is 20.6. The molecular formula is C18H18N4O3S. The molecule has 1 aliphatic carbocycles. The molecule has 1 fully saturated rings. The Kier molecular flexibility index (Phi) is 4.28. The average Bonchev–Trinajstić information content (AvgIpc) is 3.23. The number of thiazole rings is 1. The molecule has 1 unspecified atom stereocenters. The highest BCUT2D eigenvalue weighted by atomic mass is 32.1. The van der Waals surface area contributed by atoms with Crippen molar-refractivity contribution >= 4 is 50.0 Å². The van der Waals surface area contributed by atoms with E-state index in [0.29, 0.717) is 22.6 Å². The van der Waals surface area contributed by atoms with Gasteiger partial charge in [-0.2, -0.15) is 10.1 Å². The maximum absolute atomic E-state index is 13.1. The number of hydrogen-bond acceptors (Lipinski definition) is 7. The van der Waals surface area contributed by atoms with E-state index in [1.54, 1.807) is 0 Å². The number of benzene rings is 1. The molecule has 0 spiro atoms. The molecule has 4 rings (SSSR count). The molecule has 1 aromatic carbocycles. The molecule has 8 heteroatoms. The van der Waals surface area contributed by atoms with Crippen LogP contribution in [0.5, 0.6) is 0 Å². The molecule has 1 aromatic heterocycles. The van der Waals surface area contributed by atoms with Crippen molar-refractivity contribution in [2.75, 3.05) is 12.1 Å². The van der Waals surface area contributed by atoms with Gasteiger partial charge in [0.05, 0.1) is 35.5 Å². The molecule has 0 N–H and O–H groups in total. The third kappa shape index (κ3) is 3.12. The number of methoxy groups -OCH3 is 1. The van der Waals surface area contributed by atoms with Crippen LogP contribution in [0, 0.1) is 5.92 Å². The Morgan fingerprint density at radius 1 is 1.38 bits per heavy atom. The minimum absolute atomic E-state index is 0.0359. The molecule has 2 heterocycles. The van der Waals surface area contributed by atoms with Crippen molar-refractivity contribution in [1.82, 2.24) is 4.98 Å². The molecule has 1 atom stereocenters. The van der Waals surface area contributed by atoms with Gasteiger partial charge < -0.3 is 4.74 Å². The molecule has 2 aliphatic rings. The fourth-order valence-electron chi connectivity index (χ4n) is 2.93. The number of para-hydroxylation sites is 1. The first kappa shape index (κ1) is 16.8. The number of carbonyl (C=O) groups excluding carboxylic acids is 2. The second-order valence-corrected chi connectivity index (χ2v) is 7.40. The summed E-state index contributed by atoms with van der Waals surface area (Å²) in [5.74, 6) is -1.27. The summed E-state index contributed by atoms with van der Waals surface area (Å²) in [7, 11) is 1.32. The van der Waals surface area contributed by atoms with Crippen LogP contribution in [-0.4, -0.2) is 41.4 Å². The Hall–Kier alpha value is -2.61. The van der Waals surface area contributed by atoms with E-state index >= 15 is 0 Å². The van der Waals surface area contributed by atoms with E-state index in [9.17, 15) is 9.59 Å². The van der Waals surface area contributed by atoms with Gasteiger partial charge in [0.2, 0.25) is 5.13 Å². The van der Waals surface area contributed by atoms with Gasteiger partial charge in [-0.3, -0.25) is 14.6 Å². The summed E-state index contributed by atoms with van der Waals surface area (Å²) >= 11 is 1.40. The maximum atomic E-state index is 13.1. The summed E-state index contributed by atoms with van der Waals surface area (Å²) in [5.41, 5.74) is 1.98. The second-order valence-electron chi connectivity index (χ2n) is 6.39. The molecule has 1 aliphatic heterocycles. The monoisotopic (exact) mass is 370 g/mol. The lowest BCUT2D eigenvalue weighted by molar-refractivity contribution is -0.139. The van der Waals surface area contributed by atoms with E-state index in [-0.39, 0.29) is 12.3 Å². The summed E-state index contributed by atoms with van der Waals surface area (Å²) in [5, 5.41) is 6.22. The number of carbonyl (C=O) groups is 2. The number of rotatable bonds is 5. The minimum atomic E-state index is -0.623. The quantitative estimate of drug-likeness (QED) is 0.598. The third-order valence-electron chi connectivity index (χ3n) is 4.39. The maximum Gasteiger partial charge on any atom is 0.311 e. The Morgan fingerprint density at radius 3 is 2.85 bits per heavy atom. The number of hydrogen-bond donors (Lipinski definition) is 0. The molecule has 7 nitrogen and oxygen atoms in total. The summed E-state index contributed by atoms with van der Waals surface area (Å²) in [6, 6.07) is 7.97. The van der Waals surface area contributed by atoms with Crippen molar-refractivity contribution < 1.29 is 14.3 Å². The Labute approximate surface area is 154 Å². The summed E-state index contributed by atoms with van der Waals surface area (Å²) in [4.78, 5) is 33.9. The van der Waals surface area contributed by atoms with Crippen LogP contribution >= 0.6 is 11.3 Å². The molecule has 26 heavy (non-hydrogen) atoms. The van der Waals surface area contributed by atoms with E-state index < -0.39 is 11.9 Å². The molecule has 0 saturated heterocycles. The van der Waals surface area contributed by atoms with Crippen molar-refractivity contribution in [2.24, 2.45) is 16.0 Å². The van der Waals surface area contributed by atoms with Crippen molar-refractivity contribution in [1.29, 1.82) is 0 Å². The highest BCUT2D eigenvalue weighted by Crippen LogP contribution is 2.34. The first-order valence-corrected chi connectivity index (χ1v) is 9.26. The lowest BCUT2D eigenvalue weighted by atomic mass is 9.96. The number of aromatic nitrogens is 1. The zero-order valence-electron chi connectivity index (χ0n) is 14.5. The van der Waals surface area contributed by atoms with Crippen LogP contribution in [0.4, 0.5) is 5.13 Å². The van der Waals surface area contributed by atoms with E-state index in [1.165, 1.54) is 23.5 Å². The lowest BCUT2D eigenvalue weighted by Crippen LogP contribution is -2.33. The summed E-state index contributed by atoms with van der Waals surface area (Å²) in [6.45, 7) is 1.83. The molecular weight excluding hydrogens is 352 g/mol. The standard InChI is InChI=1S/C18H18N4O3S/c1-10(19-11-7-8-11)16-13(9-15(23)25-2)21-22(17(16)24)18-20-12-5-3-4-6-14(12)26-18/h3-6,11,16H,7-9H2,1-2H3. The number of fused-ring (bicyclic) bond motifs is 1. The second kappa shape index (κ2) is 6.60. The fourth-order valence-corrected chi connectivity index (χ4v) is 3.85. The predicted molar refractivity (Wildman–Crippen MR) is 101 cm³/mol. The summed E-state index contributed by atoms with van der Waals surface area (Å²) in [6.07, 6.45) is 2.05. The van der Waals surface area contributed by atoms with E-state index in [0.717, 1.165) is 23.1 Å². The fraction of sp³-hybridized carbons (Fsp3) is 0.389. The molecule has 2 aromatic rings. The van der Waals surface area contributed by atoms with E-state index in [2.05, 4.69) is 15.1 Å². The molecule has 1 saturated carbocycles. The van der Waals surface area contributed by atoms with Crippen LogP contribution in [0.2, 0.25) is 0 Å². The Morgan fingerprint density at radius 2 is 2.15 bits per heavy atom. The third-order valence-corrected chi connectivity index (χ3v) is 5.40. The molecule has 0 bridgehead atoms. The van der Waals surface area contributed by atoms with Crippen LogP contribution in [0.1, 0.15) is 26.2 Å². The van der Waals surface area contributed by atoms with Gasteiger partial charge in [-0.25, -0.2) is 4.98 Å². The smallest absolute Gasteiger partial charge is 0.311 e. The number of esters is 1. The minimum Gasteiger partial charge on any atom is -0.469 e.